The first-order valence-corrected chi connectivity index (χ1v) is 11.2. The van der Waals surface area contributed by atoms with Gasteiger partial charge in [0.05, 0.1) is 18.2 Å². The van der Waals surface area contributed by atoms with Crippen LogP contribution in [0.2, 0.25) is 0 Å². The quantitative estimate of drug-likeness (QED) is 0.338. The van der Waals surface area contributed by atoms with E-state index in [9.17, 15) is 26.7 Å². The van der Waals surface area contributed by atoms with Crippen LogP contribution in [-0.4, -0.2) is 50.3 Å². The Labute approximate surface area is 204 Å². The molecule has 0 bridgehead atoms. The predicted octanol–water partition coefficient (Wildman–Crippen LogP) is 5.70. The minimum atomic E-state index is -4.54. The Morgan fingerprint density at radius 2 is 1.86 bits per heavy atom. The lowest BCUT2D eigenvalue weighted by molar-refractivity contribution is -0.137. The zero-order chi connectivity index (χ0) is 26.3. The fourth-order valence-electron chi connectivity index (χ4n) is 4.26. The van der Waals surface area contributed by atoms with Gasteiger partial charge in [-0.3, -0.25) is 9.48 Å². The smallest absolute Gasteiger partial charge is 0.323 e. The third kappa shape index (κ3) is 5.44. The van der Waals surface area contributed by atoms with Gasteiger partial charge in [-0.2, -0.15) is 18.3 Å². The number of aliphatic imine (C=N–C) groups is 1. The largest absolute Gasteiger partial charge is 0.417 e. The van der Waals surface area contributed by atoms with Gasteiger partial charge >= 0.3 is 6.18 Å². The van der Waals surface area contributed by atoms with Gasteiger partial charge in [0, 0.05) is 37.6 Å². The Morgan fingerprint density at radius 3 is 2.47 bits per heavy atom. The Hall–Kier alpha value is -3.63. The van der Waals surface area contributed by atoms with E-state index in [0.29, 0.717) is 17.3 Å². The molecule has 0 spiro atoms. The van der Waals surface area contributed by atoms with Crippen molar-refractivity contribution in [1.29, 1.82) is 0 Å². The van der Waals surface area contributed by atoms with Crippen molar-refractivity contribution in [1.82, 2.24) is 19.7 Å². The lowest BCUT2D eigenvalue weighted by Gasteiger charge is -2.41. The number of pyridine rings is 1. The maximum absolute atomic E-state index is 14.6. The molecule has 3 aromatic rings. The highest BCUT2D eigenvalue weighted by molar-refractivity contribution is 6.00. The molecule has 3 heterocycles. The first kappa shape index (κ1) is 25.5. The van der Waals surface area contributed by atoms with Crippen LogP contribution in [0.3, 0.4) is 0 Å². The van der Waals surface area contributed by atoms with E-state index in [1.165, 1.54) is 10.9 Å². The summed E-state index contributed by atoms with van der Waals surface area (Å²) >= 11 is 0. The highest BCUT2D eigenvalue weighted by Gasteiger charge is 2.46. The molecule has 0 aliphatic carbocycles. The number of halogens is 5. The Kier molecular flexibility index (Phi) is 6.68. The molecule has 36 heavy (non-hydrogen) atoms. The molecular formula is C25H24F5N5O. The molecule has 2 atom stereocenters. The summed E-state index contributed by atoms with van der Waals surface area (Å²) in [5, 5.41) is 4.26. The zero-order valence-corrected chi connectivity index (χ0v) is 19.8. The third-order valence-corrected chi connectivity index (χ3v) is 6.05. The van der Waals surface area contributed by atoms with Crippen LogP contribution in [0.15, 0.2) is 53.8 Å². The summed E-state index contributed by atoms with van der Waals surface area (Å²) in [5.41, 5.74) is 1.34. The fraction of sp³-hybridized carbons (Fsp3) is 0.360. The number of piperidine rings is 1. The molecule has 4 rings (SSSR count). The zero-order valence-electron chi connectivity index (χ0n) is 19.8. The summed E-state index contributed by atoms with van der Waals surface area (Å²) in [6.45, 7) is 2.66. The fourth-order valence-corrected chi connectivity index (χ4v) is 4.26. The van der Waals surface area contributed by atoms with Crippen LogP contribution in [0, 0.1) is 12.8 Å². The van der Waals surface area contributed by atoms with Crippen molar-refractivity contribution in [2.45, 2.75) is 38.4 Å². The topological polar surface area (TPSA) is 63.4 Å². The van der Waals surface area contributed by atoms with Crippen molar-refractivity contribution in [3.05, 3.63) is 65.6 Å². The summed E-state index contributed by atoms with van der Waals surface area (Å²) in [6, 6.07) is 8.48. The van der Waals surface area contributed by atoms with Gasteiger partial charge in [0.25, 0.3) is 11.8 Å². The molecule has 2 aromatic heterocycles. The van der Waals surface area contributed by atoms with E-state index in [0.717, 1.165) is 22.6 Å². The van der Waals surface area contributed by atoms with E-state index in [4.69, 9.17) is 0 Å². The van der Waals surface area contributed by atoms with Crippen molar-refractivity contribution in [3.63, 3.8) is 0 Å². The van der Waals surface area contributed by atoms with E-state index < -0.39 is 48.5 Å². The lowest BCUT2D eigenvalue weighted by Crippen LogP contribution is -2.56. The Morgan fingerprint density at radius 1 is 1.17 bits per heavy atom. The highest BCUT2D eigenvalue weighted by atomic mass is 19.4. The SMILES string of the molecule is Cc1ccc(-c2cn(C)nc2C(=O)N2CC(F)(F)C[C@@H](C)C2C=Nc2ccc(C(F)(F)F)cn2)cc1. The predicted molar refractivity (Wildman–Crippen MR) is 124 cm³/mol. The van der Waals surface area contributed by atoms with Gasteiger partial charge in [-0.1, -0.05) is 36.8 Å². The standard InChI is InChI=1S/C25H24F5N5O/c1-15-4-6-17(7-5-15)19-13-34(3)33-22(19)23(36)35-14-24(26,27)10-16(2)20(35)12-32-21-9-8-18(11-31-21)25(28,29)30/h4-9,11-13,16,20H,10,14H2,1-3H3/t16-,20?/m1/s1. The van der Waals surface area contributed by atoms with Gasteiger partial charge in [-0.25, -0.2) is 18.8 Å². The van der Waals surface area contributed by atoms with Gasteiger partial charge in [0.15, 0.2) is 11.5 Å². The number of nitrogens with zero attached hydrogens (tertiary/aromatic N) is 5. The monoisotopic (exact) mass is 505 g/mol. The maximum Gasteiger partial charge on any atom is 0.417 e. The molecular weight excluding hydrogens is 481 g/mol. The van der Waals surface area contributed by atoms with Crippen LogP contribution < -0.4 is 0 Å². The molecule has 6 nitrogen and oxygen atoms in total. The number of hydrogen-bond donors (Lipinski definition) is 0. The number of carbonyl (C=O) groups is 1. The first-order valence-electron chi connectivity index (χ1n) is 11.2. The minimum absolute atomic E-state index is 0.0253. The number of benzene rings is 1. The van der Waals surface area contributed by atoms with Gasteiger partial charge < -0.3 is 4.90 Å². The third-order valence-electron chi connectivity index (χ3n) is 6.05. The average molecular weight is 505 g/mol. The van der Waals surface area contributed by atoms with Crippen LogP contribution in [0.5, 0.6) is 0 Å². The van der Waals surface area contributed by atoms with Crippen molar-refractivity contribution < 1.29 is 26.7 Å². The second kappa shape index (κ2) is 9.44. The van der Waals surface area contributed by atoms with Crippen molar-refractivity contribution in [3.8, 4) is 11.1 Å². The number of hydrogen-bond acceptors (Lipinski definition) is 4. The lowest BCUT2D eigenvalue weighted by atomic mass is 9.88. The number of aromatic nitrogens is 3. The number of alkyl halides is 5. The summed E-state index contributed by atoms with van der Waals surface area (Å²) in [6.07, 6.45) is -1.42. The molecule has 1 saturated heterocycles. The maximum atomic E-state index is 14.6. The van der Waals surface area contributed by atoms with Crippen LogP contribution in [0.25, 0.3) is 11.1 Å². The van der Waals surface area contributed by atoms with E-state index in [1.54, 1.807) is 20.2 Å². The van der Waals surface area contributed by atoms with Gasteiger partial charge in [-0.05, 0) is 30.5 Å². The van der Waals surface area contributed by atoms with Crippen LogP contribution in [0.4, 0.5) is 27.8 Å². The molecule has 0 N–H and O–H groups in total. The molecule has 1 unspecified atom stereocenters. The van der Waals surface area contributed by atoms with Crippen molar-refractivity contribution >= 4 is 17.9 Å². The molecule has 190 valence electrons. The van der Waals surface area contributed by atoms with Crippen LogP contribution >= 0.6 is 0 Å². The van der Waals surface area contributed by atoms with E-state index in [-0.39, 0.29) is 11.5 Å². The molecule has 1 fully saturated rings. The molecule has 1 aromatic carbocycles. The number of amides is 1. The van der Waals surface area contributed by atoms with Crippen LogP contribution in [0.1, 0.15) is 35.0 Å². The first-order chi connectivity index (χ1) is 16.8. The number of rotatable bonds is 4. The highest BCUT2D eigenvalue weighted by Crippen LogP contribution is 2.36. The average Bonchev–Trinajstić information content (AvgIpc) is 3.19. The molecule has 1 aliphatic heterocycles. The van der Waals surface area contributed by atoms with Gasteiger partial charge in [-0.15, -0.1) is 0 Å². The Bertz CT molecular complexity index is 1270. The van der Waals surface area contributed by atoms with E-state index >= 15 is 0 Å². The summed E-state index contributed by atoms with van der Waals surface area (Å²) in [5.74, 6) is -4.51. The molecule has 0 radical (unpaired) electrons. The summed E-state index contributed by atoms with van der Waals surface area (Å²) in [4.78, 5) is 22.4. The van der Waals surface area contributed by atoms with E-state index in [1.807, 2.05) is 31.2 Å². The number of carbonyl (C=O) groups excluding carboxylic acids is 1. The normalized spacial score (nSPS) is 20.2. The Balaban J connectivity index is 1.67. The molecule has 11 heteroatoms. The summed E-state index contributed by atoms with van der Waals surface area (Å²) < 4.78 is 69.0. The van der Waals surface area contributed by atoms with Crippen molar-refractivity contribution in [2.75, 3.05) is 6.54 Å². The molecule has 0 saturated carbocycles. The number of aryl methyl sites for hydroxylation is 2. The molecule has 1 amide bonds. The van der Waals surface area contributed by atoms with Gasteiger partial charge in [0.2, 0.25) is 0 Å². The van der Waals surface area contributed by atoms with E-state index in [2.05, 4.69) is 15.1 Å². The van der Waals surface area contributed by atoms with Crippen LogP contribution in [-0.2, 0) is 13.2 Å². The number of likely N-dealkylation sites (tertiary alicyclic amines) is 1. The van der Waals surface area contributed by atoms with Crippen molar-refractivity contribution in [2.24, 2.45) is 18.0 Å². The second-order valence-corrected chi connectivity index (χ2v) is 9.07. The minimum Gasteiger partial charge on any atom is -0.323 e. The van der Waals surface area contributed by atoms with Gasteiger partial charge in [0.1, 0.15) is 0 Å². The summed E-state index contributed by atoms with van der Waals surface area (Å²) in [7, 11) is 1.64. The second-order valence-electron chi connectivity index (χ2n) is 9.07. The molecule has 1 aliphatic rings.